The van der Waals surface area contributed by atoms with Crippen LogP contribution in [0.2, 0.25) is 0 Å². The van der Waals surface area contributed by atoms with Crippen LogP contribution in [0.15, 0.2) is 36.4 Å². The fraction of sp³-hybridized carbons (Fsp3) is 0.464. The number of hydrogen-bond acceptors (Lipinski definition) is 5. The van der Waals surface area contributed by atoms with Crippen molar-refractivity contribution in [3.05, 3.63) is 53.1 Å². The standard InChI is InChI=1S/C28H34N4O2S/c1-4-19-10-11-23-24(16-19)35-28(29-23)31-14-12-30(13-15-31)27(34)22-17-25(33)32(18-22)26-20(5-2)8-7-9-21(26)6-3/h7-11,16,22H,4-6,12-15,17-18H2,1-3H3. The molecule has 2 aliphatic heterocycles. The number of aromatic nitrogens is 1. The number of nitrogens with zero attached hydrogens (tertiary/aromatic N) is 4. The van der Waals surface area contributed by atoms with Crippen molar-refractivity contribution in [1.29, 1.82) is 0 Å². The molecule has 1 atom stereocenters. The Bertz CT molecular complexity index is 1220. The van der Waals surface area contributed by atoms with E-state index in [1.165, 1.54) is 21.4 Å². The van der Waals surface area contributed by atoms with Gasteiger partial charge in [0.25, 0.3) is 0 Å². The molecular formula is C28H34N4O2S. The molecule has 5 rings (SSSR count). The van der Waals surface area contributed by atoms with E-state index in [2.05, 4.69) is 62.1 Å². The number of thiazole rings is 1. The lowest BCUT2D eigenvalue weighted by molar-refractivity contribution is -0.136. The minimum absolute atomic E-state index is 0.0681. The van der Waals surface area contributed by atoms with Gasteiger partial charge in [0, 0.05) is 44.8 Å². The van der Waals surface area contributed by atoms with Crippen LogP contribution in [0.3, 0.4) is 0 Å². The molecule has 184 valence electrons. The maximum absolute atomic E-state index is 13.4. The number of carbonyl (C=O) groups is 2. The highest BCUT2D eigenvalue weighted by Crippen LogP contribution is 2.34. The lowest BCUT2D eigenvalue weighted by Gasteiger charge is -2.35. The predicted molar refractivity (Wildman–Crippen MR) is 143 cm³/mol. The van der Waals surface area contributed by atoms with Gasteiger partial charge < -0.3 is 14.7 Å². The SMILES string of the molecule is CCc1ccc2nc(N3CCN(C(=O)C4CC(=O)N(c5c(CC)cccc5CC)C4)CC3)sc2c1. The van der Waals surface area contributed by atoms with E-state index in [9.17, 15) is 9.59 Å². The summed E-state index contributed by atoms with van der Waals surface area (Å²) in [4.78, 5) is 37.4. The summed E-state index contributed by atoms with van der Waals surface area (Å²) in [5.74, 6) is -0.0819. The molecule has 2 saturated heterocycles. The van der Waals surface area contributed by atoms with Gasteiger partial charge in [-0.15, -0.1) is 0 Å². The van der Waals surface area contributed by atoms with Crippen molar-refractivity contribution in [2.45, 2.75) is 46.5 Å². The molecule has 35 heavy (non-hydrogen) atoms. The van der Waals surface area contributed by atoms with Crippen LogP contribution in [-0.4, -0.2) is 54.4 Å². The van der Waals surface area contributed by atoms with Gasteiger partial charge in [-0.25, -0.2) is 4.98 Å². The molecule has 0 radical (unpaired) electrons. The molecule has 0 spiro atoms. The van der Waals surface area contributed by atoms with Crippen LogP contribution in [0.25, 0.3) is 10.2 Å². The van der Waals surface area contributed by atoms with Gasteiger partial charge in [0.2, 0.25) is 11.8 Å². The van der Waals surface area contributed by atoms with Crippen LogP contribution in [-0.2, 0) is 28.9 Å². The highest BCUT2D eigenvalue weighted by Gasteiger charge is 2.39. The molecule has 2 amide bonds. The number of carbonyl (C=O) groups excluding carboxylic acids is 2. The number of anilines is 2. The zero-order valence-electron chi connectivity index (χ0n) is 20.9. The van der Waals surface area contributed by atoms with Crippen LogP contribution in [0.4, 0.5) is 10.8 Å². The molecule has 0 aliphatic carbocycles. The van der Waals surface area contributed by atoms with E-state index in [4.69, 9.17) is 4.98 Å². The van der Waals surface area contributed by atoms with E-state index >= 15 is 0 Å². The molecule has 3 aromatic rings. The second kappa shape index (κ2) is 9.97. The van der Waals surface area contributed by atoms with E-state index in [0.717, 1.165) is 48.7 Å². The number of piperazine rings is 1. The Morgan fingerprint density at radius 2 is 1.71 bits per heavy atom. The molecule has 2 aromatic carbocycles. The summed E-state index contributed by atoms with van der Waals surface area (Å²) in [7, 11) is 0. The van der Waals surface area contributed by atoms with Crippen LogP contribution >= 0.6 is 11.3 Å². The number of rotatable bonds is 6. The maximum atomic E-state index is 13.4. The van der Waals surface area contributed by atoms with Gasteiger partial charge >= 0.3 is 0 Å². The van der Waals surface area contributed by atoms with Crippen molar-refractivity contribution in [1.82, 2.24) is 9.88 Å². The summed E-state index contributed by atoms with van der Waals surface area (Å²) in [6.07, 6.45) is 3.07. The molecule has 1 aromatic heterocycles. The van der Waals surface area contributed by atoms with Crippen molar-refractivity contribution in [2.24, 2.45) is 5.92 Å². The van der Waals surface area contributed by atoms with Crippen LogP contribution < -0.4 is 9.80 Å². The molecule has 0 bridgehead atoms. The Labute approximate surface area is 211 Å². The predicted octanol–water partition coefficient (Wildman–Crippen LogP) is 4.69. The van der Waals surface area contributed by atoms with Crippen molar-refractivity contribution in [2.75, 3.05) is 42.5 Å². The largest absolute Gasteiger partial charge is 0.345 e. The van der Waals surface area contributed by atoms with Crippen molar-refractivity contribution < 1.29 is 9.59 Å². The fourth-order valence-corrected chi connectivity index (χ4v) is 6.42. The average molecular weight is 491 g/mol. The smallest absolute Gasteiger partial charge is 0.228 e. The number of amides is 2. The Morgan fingerprint density at radius 1 is 1.00 bits per heavy atom. The quantitative estimate of drug-likeness (QED) is 0.503. The van der Waals surface area contributed by atoms with Gasteiger partial charge in [0.15, 0.2) is 5.13 Å². The molecular weight excluding hydrogens is 456 g/mol. The molecule has 1 unspecified atom stereocenters. The number of benzene rings is 2. The van der Waals surface area contributed by atoms with E-state index in [1.54, 1.807) is 11.3 Å². The summed E-state index contributed by atoms with van der Waals surface area (Å²) in [5, 5.41) is 1.03. The first-order valence-electron chi connectivity index (χ1n) is 12.9. The monoisotopic (exact) mass is 490 g/mol. The third kappa shape index (κ3) is 4.54. The van der Waals surface area contributed by atoms with Crippen molar-refractivity contribution >= 4 is 44.2 Å². The first kappa shape index (κ1) is 23.8. The van der Waals surface area contributed by atoms with Crippen molar-refractivity contribution in [3.63, 3.8) is 0 Å². The second-order valence-corrected chi connectivity index (χ2v) is 10.5. The van der Waals surface area contributed by atoms with Gasteiger partial charge in [0.1, 0.15) is 0 Å². The van der Waals surface area contributed by atoms with E-state index in [-0.39, 0.29) is 17.7 Å². The average Bonchev–Trinajstić information content (AvgIpc) is 3.50. The topological polar surface area (TPSA) is 56.8 Å². The molecule has 0 N–H and O–H groups in total. The molecule has 0 saturated carbocycles. The Hall–Kier alpha value is -2.93. The zero-order chi connectivity index (χ0) is 24.5. The molecule has 2 aliphatic rings. The molecule has 3 heterocycles. The molecule has 2 fully saturated rings. The first-order valence-corrected chi connectivity index (χ1v) is 13.7. The first-order chi connectivity index (χ1) is 17.0. The summed E-state index contributed by atoms with van der Waals surface area (Å²) in [6.45, 7) is 9.78. The normalized spacial score (nSPS) is 18.7. The van der Waals surface area contributed by atoms with E-state index < -0.39 is 0 Å². The summed E-state index contributed by atoms with van der Waals surface area (Å²) in [6, 6.07) is 12.8. The minimum atomic E-state index is -0.265. The minimum Gasteiger partial charge on any atom is -0.345 e. The van der Waals surface area contributed by atoms with Gasteiger partial charge in [0.05, 0.1) is 16.1 Å². The fourth-order valence-electron chi connectivity index (χ4n) is 5.34. The number of aryl methyl sites for hydroxylation is 3. The van der Waals surface area contributed by atoms with Gasteiger partial charge in [-0.1, -0.05) is 56.4 Å². The second-order valence-electron chi connectivity index (χ2n) is 9.50. The van der Waals surface area contributed by atoms with Crippen LogP contribution in [0.5, 0.6) is 0 Å². The summed E-state index contributed by atoms with van der Waals surface area (Å²) >= 11 is 1.73. The lowest BCUT2D eigenvalue weighted by atomic mass is 10.0. The summed E-state index contributed by atoms with van der Waals surface area (Å²) in [5.41, 5.74) is 5.77. The third-order valence-corrected chi connectivity index (χ3v) is 8.50. The Balaban J connectivity index is 1.24. The van der Waals surface area contributed by atoms with Gasteiger partial charge in [-0.05, 0) is 48.1 Å². The van der Waals surface area contributed by atoms with Crippen LogP contribution in [0, 0.1) is 5.92 Å². The zero-order valence-corrected chi connectivity index (χ0v) is 21.7. The Kier molecular flexibility index (Phi) is 6.78. The lowest BCUT2D eigenvalue weighted by Crippen LogP contribution is -2.50. The van der Waals surface area contributed by atoms with E-state index in [1.807, 2.05) is 9.80 Å². The molecule has 7 heteroatoms. The Morgan fingerprint density at radius 3 is 2.37 bits per heavy atom. The van der Waals surface area contributed by atoms with Crippen molar-refractivity contribution in [3.8, 4) is 0 Å². The van der Waals surface area contributed by atoms with Gasteiger partial charge in [-0.2, -0.15) is 0 Å². The third-order valence-electron chi connectivity index (χ3n) is 7.42. The van der Waals surface area contributed by atoms with Crippen LogP contribution in [0.1, 0.15) is 43.9 Å². The van der Waals surface area contributed by atoms with Gasteiger partial charge in [-0.3, -0.25) is 9.59 Å². The highest BCUT2D eigenvalue weighted by molar-refractivity contribution is 7.22. The number of fused-ring (bicyclic) bond motifs is 1. The summed E-state index contributed by atoms with van der Waals surface area (Å²) < 4.78 is 1.22. The number of hydrogen-bond donors (Lipinski definition) is 0. The number of para-hydroxylation sites is 1. The maximum Gasteiger partial charge on any atom is 0.228 e. The highest BCUT2D eigenvalue weighted by atomic mass is 32.1. The van der Waals surface area contributed by atoms with E-state index in [0.29, 0.717) is 26.1 Å². The molecule has 6 nitrogen and oxygen atoms in total.